The molecule has 2 N–H and O–H groups in total. The van der Waals surface area contributed by atoms with Crippen LogP contribution in [0.4, 0.5) is 5.00 Å². The van der Waals surface area contributed by atoms with Crippen LogP contribution in [0.1, 0.15) is 62.9 Å². The summed E-state index contributed by atoms with van der Waals surface area (Å²) < 4.78 is 5.67. The molecule has 0 saturated carbocycles. The number of hydrogen-bond donors (Lipinski definition) is 2. The Labute approximate surface area is 212 Å². The minimum absolute atomic E-state index is 0.214. The summed E-state index contributed by atoms with van der Waals surface area (Å²) in [7, 11) is 0. The van der Waals surface area contributed by atoms with Crippen molar-refractivity contribution in [1.82, 2.24) is 10.3 Å². The highest BCUT2D eigenvalue weighted by molar-refractivity contribution is 7.17. The van der Waals surface area contributed by atoms with Crippen molar-refractivity contribution in [3.63, 3.8) is 0 Å². The van der Waals surface area contributed by atoms with E-state index < -0.39 is 0 Å². The largest absolute Gasteiger partial charge is 0.490 e. The highest BCUT2D eigenvalue weighted by Gasteiger charge is 2.28. The molecule has 2 heterocycles. The molecule has 9 heteroatoms. The zero-order valence-corrected chi connectivity index (χ0v) is 21.1. The number of thiophene rings is 1. The van der Waals surface area contributed by atoms with Gasteiger partial charge in [0.25, 0.3) is 11.8 Å². The summed E-state index contributed by atoms with van der Waals surface area (Å²) >= 11 is 14.1. The van der Waals surface area contributed by atoms with Gasteiger partial charge in [0.15, 0.2) is 5.75 Å². The molecule has 3 aromatic rings. The average molecular weight is 518 g/mol. The van der Waals surface area contributed by atoms with Crippen LogP contribution in [0.15, 0.2) is 36.7 Å². The molecule has 1 aliphatic carbocycles. The lowest BCUT2D eigenvalue weighted by Gasteiger charge is -2.12. The molecular formula is C25H25Cl2N3O3S. The van der Waals surface area contributed by atoms with Crippen LogP contribution in [-0.2, 0) is 19.4 Å². The van der Waals surface area contributed by atoms with E-state index in [0.29, 0.717) is 35.0 Å². The summed E-state index contributed by atoms with van der Waals surface area (Å²) in [4.78, 5) is 31.4. The smallest absolute Gasteiger partial charge is 0.256 e. The van der Waals surface area contributed by atoms with Gasteiger partial charge in [0.05, 0.1) is 22.2 Å². The molecule has 1 aliphatic rings. The fraction of sp³-hybridized carbons (Fsp3) is 0.320. The molecular weight excluding hydrogens is 493 g/mol. The Balaban J connectivity index is 1.52. The molecule has 0 fully saturated rings. The number of carbonyl (C=O) groups is 2. The van der Waals surface area contributed by atoms with E-state index in [0.717, 1.165) is 48.1 Å². The van der Waals surface area contributed by atoms with Crippen LogP contribution in [0.2, 0.25) is 10.0 Å². The third-order valence-electron chi connectivity index (χ3n) is 5.56. The number of unbranched alkanes of at least 4 members (excludes halogenated alkanes) is 1. The number of carbonyl (C=O) groups excluding carboxylic acids is 2. The van der Waals surface area contributed by atoms with E-state index in [4.69, 9.17) is 27.9 Å². The highest BCUT2D eigenvalue weighted by atomic mass is 35.5. The van der Waals surface area contributed by atoms with E-state index in [1.165, 1.54) is 23.5 Å². The van der Waals surface area contributed by atoms with Crippen molar-refractivity contribution in [2.75, 3.05) is 11.9 Å². The van der Waals surface area contributed by atoms with Gasteiger partial charge in [-0.3, -0.25) is 14.6 Å². The standard InChI is InChI=1S/C25H25Cl2N3O3S/c1-2-3-10-33-22-18(26)11-16(12-19(22)27)23(31)30-25-21(17-7-4-8-20(17)34-25)24(32)29-14-15-6-5-9-28-13-15/h5-6,9,11-13H,2-4,7-8,10,14H2,1H3,(H,29,32)(H,30,31). The number of nitrogens with zero attached hydrogens (tertiary/aromatic N) is 1. The van der Waals surface area contributed by atoms with E-state index in [9.17, 15) is 9.59 Å². The first-order chi connectivity index (χ1) is 16.5. The third kappa shape index (κ3) is 5.54. The summed E-state index contributed by atoms with van der Waals surface area (Å²) in [6, 6.07) is 6.80. The van der Waals surface area contributed by atoms with Gasteiger partial charge in [0.1, 0.15) is 5.00 Å². The number of aromatic nitrogens is 1. The van der Waals surface area contributed by atoms with E-state index in [1.807, 2.05) is 12.1 Å². The molecule has 0 atom stereocenters. The van der Waals surface area contributed by atoms with Gasteiger partial charge in [-0.2, -0.15) is 0 Å². The summed E-state index contributed by atoms with van der Waals surface area (Å²) in [5.41, 5.74) is 2.75. The molecule has 0 bridgehead atoms. The zero-order valence-electron chi connectivity index (χ0n) is 18.7. The Morgan fingerprint density at radius 3 is 2.68 bits per heavy atom. The first-order valence-electron chi connectivity index (χ1n) is 11.2. The van der Waals surface area contributed by atoms with Crippen molar-refractivity contribution in [2.24, 2.45) is 0 Å². The second-order valence-electron chi connectivity index (χ2n) is 8.03. The Morgan fingerprint density at radius 2 is 1.97 bits per heavy atom. The molecule has 178 valence electrons. The first kappa shape index (κ1) is 24.5. The number of nitrogens with one attached hydrogen (secondary N) is 2. The number of amides is 2. The maximum atomic E-state index is 13.1. The second kappa shape index (κ2) is 11.2. The van der Waals surface area contributed by atoms with Gasteiger partial charge >= 0.3 is 0 Å². The number of halogens is 2. The molecule has 0 aliphatic heterocycles. The third-order valence-corrected chi connectivity index (χ3v) is 7.32. The number of benzene rings is 1. The Kier molecular flexibility index (Phi) is 8.08. The molecule has 0 unspecified atom stereocenters. The molecule has 34 heavy (non-hydrogen) atoms. The highest BCUT2D eigenvalue weighted by Crippen LogP contribution is 2.40. The number of rotatable bonds is 9. The van der Waals surface area contributed by atoms with Gasteiger partial charge in [-0.1, -0.05) is 42.6 Å². The minimum Gasteiger partial charge on any atom is -0.490 e. The Hall–Kier alpha value is -2.61. The van der Waals surface area contributed by atoms with Gasteiger partial charge in [-0.05, 0) is 55.0 Å². The van der Waals surface area contributed by atoms with Crippen LogP contribution >= 0.6 is 34.5 Å². The van der Waals surface area contributed by atoms with Crippen LogP contribution in [0, 0.1) is 0 Å². The van der Waals surface area contributed by atoms with E-state index >= 15 is 0 Å². The van der Waals surface area contributed by atoms with Crippen molar-refractivity contribution in [3.05, 3.63) is 73.8 Å². The molecule has 0 radical (unpaired) electrons. The average Bonchev–Trinajstić information content (AvgIpc) is 3.40. The van der Waals surface area contributed by atoms with E-state index in [2.05, 4.69) is 22.5 Å². The molecule has 0 saturated heterocycles. The molecule has 2 amide bonds. The van der Waals surface area contributed by atoms with Crippen LogP contribution in [0.25, 0.3) is 0 Å². The van der Waals surface area contributed by atoms with E-state index in [1.54, 1.807) is 12.4 Å². The number of pyridine rings is 1. The number of aryl methyl sites for hydroxylation is 1. The number of ether oxygens (including phenoxy) is 1. The lowest BCUT2D eigenvalue weighted by molar-refractivity contribution is 0.0951. The fourth-order valence-electron chi connectivity index (χ4n) is 3.83. The summed E-state index contributed by atoms with van der Waals surface area (Å²) in [6.07, 6.45) is 7.99. The number of anilines is 1. The molecule has 0 spiro atoms. The predicted molar refractivity (Wildman–Crippen MR) is 137 cm³/mol. The van der Waals surface area contributed by atoms with Gasteiger partial charge in [-0.25, -0.2) is 0 Å². The number of hydrogen-bond acceptors (Lipinski definition) is 5. The van der Waals surface area contributed by atoms with Crippen LogP contribution in [0.3, 0.4) is 0 Å². The van der Waals surface area contributed by atoms with E-state index in [-0.39, 0.29) is 21.9 Å². The maximum absolute atomic E-state index is 13.1. The van der Waals surface area contributed by atoms with Crippen molar-refractivity contribution < 1.29 is 14.3 Å². The SMILES string of the molecule is CCCCOc1c(Cl)cc(C(=O)Nc2sc3c(c2C(=O)NCc2cccnc2)CCC3)cc1Cl. The minimum atomic E-state index is -0.384. The topological polar surface area (TPSA) is 80.3 Å². The monoisotopic (exact) mass is 517 g/mol. The fourth-order valence-corrected chi connectivity index (χ4v) is 5.71. The molecule has 6 nitrogen and oxygen atoms in total. The van der Waals surface area contributed by atoms with Gasteiger partial charge < -0.3 is 15.4 Å². The van der Waals surface area contributed by atoms with Crippen molar-refractivity contribution in [1.29, 1.82) is 0 Å². The van der Waals surface area contributed by atoms with Gasteiger partial charge in [0, 0.05) is 29.4 Å². The maximum Gasteiger partial charge on any atom is 0.256 e. The van der Waals surface area contributed by atoms with Crippen molar-refractivity contribution >= 4 is 51.4 Å². The Morgan fingerprint density at radius 1 is 1.18 bits per heavy atom. The quantitative estimate of drug-likeness (QED) is 0.326. The zero-order chi connectivity index (χ0) is 24.1. The van der Waals surface area contributed by atoms with Crippen molar-refractivity contribution in [3.8, 4) is 5.75 Å². The summed E-state index contributed by atoms with van der Waals surface area (Å²) in [6.45, 7) is 2.92. The molecule has 2 aromatic heterocycles. The summed E-state index contributed by atoms with van der Waals surface area (Å²) in [5.74, 6) is -0.224. The first-order valence-corrected chi connectivity index (χ1v) is 12.8. The molecule has 1 aromatic carbocycles. The Bertz CT molecular complexity index is 1170. The lowest BCUT2D eigenvalue weighted by Crippen LogP contribution is -2.25. The second-order valence-corrected chi connectivity index (χ2v) is 9.95. The van der Waals surface area contributed by atoms with Gasteiger partial charge in [-0.15, -0.1) is 11.3 Å². The summed E-state index contributed by atoms with van der Waals surface area (Å²) in [5, 5.41) is 6.95. The predicted octanol–water partition coefficient (Wildman–Crippen LogP) is 6.30. The van der Waals surface area contributed by atoms with Crippen molar-refractivity contribution in [2.45, 2.75) is 45.6 Å². The lowest BCUT2D eigenvalue weighted by atomic mass is 10.1. The van der Waals surface area contributed by atoms with Crippen LogP contribution in [0.5, 0.6) is 5.75 Å². The van der Waals surface area contributed by atoms with Gasteiger partial charge in [0.2, 0.25) is 0 Å². The van der Waals surface area contributed by atoms with Crippen LogP contribution in [-0.4, -0.2) is 23.4 Å². The molecule has 4 rings (SSSR count). The normalized spacial score (nSPS) is 12.3. The van der Waals surface area contributed by atoms with Crippen LogP contribution < -0.4 is 15.4 Å². The number of fused-ring (bicyclic) bond motifs is 1.